The molecule has 2 aromatic rings. The van der Waals surface area contributed by atoms with Gasteiger partial charge in [0.15, 0.2) is 0 Å². The molecule has 0 bridgehead atoms. The lowest BCUT2D eigenvalue weighted by atomic mass is 9.97. The van der Waals surface area contributed by atoms with E-state index in [0.717, 1.165) is 31.2 Å². The molecule has 1 aliphatic rings. The summed E-state index contributed by atoms with van der Waals surface area (Å²) in [5.74, 6) is -0.245. The van der Waals surface area contributed by atoms with Gasteiger partial charge in [0.2, 0.25) is 11.8 Å². The molecule has 1 aromatic carbocycles. The van der Waals surface area contributed by atoms with Crippen LogP contribution in [0.25, 0.3) is 11.3 Å². The maximum Gasteiger partial charge on any atom is 0.264 e. The average molecular weight is 354 g/mol. The van der Waals surface area contributed by atoms with Crippen molar-refractivity contribution in [2.24, 2.45) is 5.92 Å². The smallest absolute Gasteiger partial charge is 0.264 e. The predicted octanol–water partition coefficient (Wildman–Crippen LogP) is 2.07. The predicted molar refractivity (Wildman–Crippen MR) is 98.5 cm³/mol. The Morgan fingerprint density at radius 2 is 1.96 bits per heavy atom. The van der Waals surface area contributed by atoms with Gasteiger partial charge in [0, 0.05) is 24.2 Å². The van der Waals surface area contributed by atoms with E-state index in [1.165, 1.54) is 13.0 Å². The molecule has 1 heterocycles. The molecule has 1 unspecified atom stereocenters. The van der Waals surface area contributed by atoms with Crippen LogP contribution < -0.4 is 16.2 Å². The van der Waals surface area contributed by atoms with Crippen molar-refractivity contribution >= 4 is 17.5 Å². The third-order valence-corrected chi connectivity index (χ3v) is 4.62. The number of hydrogen-bond acceptors (Lipinski definition) is 4. The highest BCUT2D eigenvalue weighted by molar-refractivity contribution is 5.97. The second-order valence-electron chi connectivity index (χ2n) is 6.60. The zero-order valence-corrected chi connectivity index (χ0v) is 14.6. The number of nitrogens with one attached hydrogen (secondary N) is 3. The van der Waals surface area contributed by atoms with E-state index in [0.29, 0.717) is 11.4 Å². The summed E-state index contributed by atoms with van der Waals surface area (Å²) in [5, 5.41) is 12.1. The summed E-state index contributed by atoms with van der Waals surface area (Å²) < 4.78 is 0. The highest BCUT2D eigenvalue weighted by Crippen LogP contribution is 2.28. The maximum absolute atomic E-state index is 12.7. The van der Waals surface area contributed by atoms with E-state index < -0.39 is 6.04 Å². The number of benzene rings is 1. The Morgan fingerprint density at radius 1 is 1.19 bits per heavy atom. The molecule has 0 radical (unpaired) electrons. The number of aromatic amines is 1. The number of nitrogens with zero attached hydrogens (tertiary/aromatic N) is 1. The van der Waals surface area contributed by atoms with Crippen molar-refractivity contribution in [2.75, 3.05) is 5.32 Å². The Morgan fingerprint density at radius 3 is 2.62 bits per heavy atom. The highest BCUT2D eigenvalue weighted by Gasteiger charge is 2.31. The molecule has 1 fully saturated rings. The first-order chi connectivity index (χ1) is 12.5. The van der Waals surface area contributed by atoms with Crippen LogP contribution in [0.2, 0.25) is 0 Å². The van der Waals surface area contributed by atoms with Crippen LogP contribution in [0, 0.1) is 5.92 Å². The summed E-state index contributed by atoms with van der Waals surface area (Å²) in [6.45, 7) is 1.43. The van der Waals surface area contributed by atoms with Crippen molar-refractivity contribution in [1.29, 1.82) is 0 Å². The molecule has 7 nitrogen and oxygen atoms in total. The fraction of sp³-hybridized carbons (Fsp3) is 0.368. The van der Waals surface area contributed by atoms with Gasteiger partial charge in [-0.2, -0.15) is 5.10 Å². The van der Waals surface area contributed by atoms with Gasteiger partial charge in [0.05, 0.1) is 5.69 Å². The molecule has 3 N–H and O–H groups in total. The Bertz CT molecular complexity index is 835. The molecule has 0 spiro atoms. The largest absolute Gasteiger partial charge is 0.344 e. The zero-order valence-electron chi connectivity index (χ0n) is 14.6. The van der Waals surface area contributed by atoms with E-state index in [2.05, 4.69) is 20.8 Å². The van der Waals surface area contributed by atoms with Gasteiger partial charge >= 0.3 is 0 Å². The van der Waals surface area contributed by atoms with Gasteiger partial charge in [0.25, 0.3) is 5.56 Å². The summed E-state index contributed by atoms with van der Waals surface area (Å²) in [4.78, 5) is 35.4. The molecule has 1 aromatic heterocycles. The van der Waals surface area contributed by atoms with E-state index >= 15 is 0 Å². The monoisotopic (exact) mass is 354 g/mol. The van der Waals surface area contributed by atoms with Crippen LogP contribution in [0.15, 0.2) is 41.2 Å². The Balaban J connectivity index is 1.77. The van der Waals surface area contributed by atoms with Crippen molar-refractivity contribution in [3.63, 3.8) is 0 Å². The van der Waals surface area contributed by atoms with Gasteiger partial charge in [-0.15, -0.1) is 0 Å². The number of hydrogen-bond donors (Lipinski definition) is 3. The molecular formula is C19H22N4O3. The Labute approximate surface area is 151 Å². The molecular weight excluding hydrogens is 332 g/mol. The summed E-state index contributed by atoms with van der Waals surface area (Å²) in [7, 11) is 0. The van der Waals surface area contributed by atoms with Crippen molar-refractivity contribution < 1.29 is 9.59 Å². The SMILES string of the molecule is CC(=O)NC(C(=O)Nc1cccc(-c2ccc(=O)[nH]n2)c1)C1CCCC1. The molecule has 1 aliphatic carbocycles. The molecule has 136 valence electrons. The fourth-order valence-electron chi connectivity index (χ4n) is 3.39. The molecule has 1 atom stereocenters. The molecule has 1 saturated carbocycles. The van der Waals surface area contributed by atoms with Gasteiger partial charge in [-0.05, 0) is 37.0 Å². The van der Waals surface area contributed by atoms with Gasteiger partial charge in [-0.1, -0.05) is 25.0 Å². The van der Waals surface area contributed by atoms with E-state index in [-0.39, 0.29) is 23.3 Å². The number of anilines is 1. The van der Waals surface area contributed by atoms with Crippen LogP contribution in [0.3, 0.4) is 0 Å². The molecule has 0 aliphatic heterocycles. The van der Waals surface area contributed by atoms with Crippen LogP contribution >= 0.6 is 0 Å². The standard InChI is InChI=1S/C19H22N4O3/c1-12(24)20-18(13-5-2-3-6-13)19(26)21-15-8-4-7-14(11-15)16-9-10-17(25)23-22-16/h4,7-11,13,18H,2-3,5-6H2,1H3,(H,20,24)(H,21,26)(H,23,25). The molecule has 0 saturated heterocycles. The quantitative estimate of drug-likeness (QED) is 0.764. The summed E-state index contributed by atoms with van der Waals surface area (Å²) in [6, 6.07) is 9.73. The average Bonchev–Trinajstić information content (AvgIpc) is 3.14. The third kappa shape index (κ3) is 4.36. The first-order valence-electron chi connectivity index (χ1n) is 8.77. The van der Waals surface area contributed by atoms with Crippen molar-refractivity contribution in [3.8, 4) is 11.3 Å². The van der Waals surface area contributed by atoms with E-state index in [4.69, 9.17) is 0 Å². The van der Waals surface area contributed by atoms with Gasteiger partial charge in [0.1, 0.15) is 6.04 Å². The first-order valence-corrected chi connectivity index (χ1v) is 8.77. The Kier molecular flexibility index (Phi) is 5.46. The normalized spacial score (nSPS) is 15.4. The summed E-state index contributed by atoms with van der Waals surface area (Å²) in [6.07, 6.45) is 4.06. The fourth-order valence-corrected chi connectivity index (χ4v) is 3.39. The molecule has 7 heteroatoms. The topological polar surface area (TPSA) is 104 Å². The lowest BCUT2D eigenvalue weighted by Gasteiger charge is -2.23. The van der Waals surface area contributed by atoms with E-state index in [1.807, 2.05) is 6.07 Å². The second-order valence-corrected chi connectivity index (χ2v) is 6.60. The minimum absolute atomic E-state index is 0.169. The van der Waals surface area contributed by atoms with E-state index in [9.17, 15) is 14.4 Å². The lowest BCUT2D eigenvalue weighted by molar-refractivity contribution is -0.126. The van der Waals surface area contributed by atoms with Gasteiger partial charge in [-0.25, -0.2) is 5.10 Å². The molecule has 2 amide bonds. The van der Waals surface area contributed by atoms with Crippen LogP contribution in [0.5, 0.6) is 0 Å². The molecule has 26 heavy (non-hydrogen) atoms. The maximum atomic E-state index is 12.7. The van der Waals surface area contributed by atoms with Crippen LogP contribution in [-0.4, -0.2) is 28.1 Å². The van der Waals surface area contributed by atoms with Crippen LogP contribution in [0.1, 0.15) is 32.6 Å². The first kappa shape index (κ1) is 17.8. The van der Waals surface area contributed by atoms with E-state index in [1.54, 1.807) is 24.3 Å². The van der Waals surface area contributed by atoms with Crippen molar-refractivity contribution in [2.45, 2.75) is 38.6 Å². The number of amides is 2. The minimum Gasteiger partial charge on any atom is -0.344 e. The number of rotatable bonds is 5. The van der Waals surface area contributed by atoms with Crippen LogP contribution in [0.4, 0.5) is 5.69 Å². The van der Waals surface area contributed by atoms with Crippen molar-refractivity contribution in [3.05, 3.63) is 46.8 Å². The third-order valence-electron chi connectivity index (χ3n) is 4.62. The van der Waals surface area contributed by atoms with Crippen molar-refractivity contribution in [1.82, 2.24) is 15.5 Å². The summed E-state index contributed by atoms with van der Waals surface area (Å²) in [5.41, 5.74) is 1.73. The summed E-state index contributed by atoms with van der Waals surface area (Å²) >= 11 is 0. The van der Waals surface area contributed by atoms with Gasteiger partial charge < -0.3 is 10.6 Å². The zero-order chi connectivity index (χ0) is 18.5. The highest BCUT2D eigenvalue weighted by atomic mass is 16.2. The Hall–Kier alpha value is -2.96. The number of aromatic nitrogens is 2. The second kappa shape index (κ2) is 7.95. The number of carbonyl (C=O) groups is 2. The lowest BCUT2D eigenvalue weighted by Crippen LogP contribution is -2.47. The van der Waals surface area contributed by atoms with Gasteiger partial charge in [-0.3, -0.25) is 14.4 Å². The minimum atomic E-state index is -0.523. The van der Waals surface area contributed by atoms with Crippen LogP contribution in [-0.2, 0) is 9.59 Å². The molecule has 3 rings (SSSR count). The number of H-pyrrole nitrogens is 1. The number of carbonyl (C=O) groups excluding carboxylic acids is 2.